The molecule has 0 radical (unpaired) electrons. The molecule has 0 aliphatic carbocycles. The van der Waals surface area contributed by atoms with Gasteiger partial charge in [-0.25, -0.2) is 0 Å². The second-order valence-corrected chi connectivity index (χ2v) is 6.20. The van der Waals surface area contributed by atoms with Crippen molar-refractivity contribution in [1.82, 2.24) is 0 Å². The Labute approximate surface area is 112 Å². The predicted octanol–water partition coefficient (Wildman–Crippen LogP) is 3.93. The van der Waals surface area contributed by atoms with Crippen molar-refractivity contribution in [3.63, 3.8) is 0 Å². The maximum absolute atomic E-state index is 7.48. The Hall–Kier alpha value is -0.670. The number of hydrogen-bond donors (Lipinski definition) is 2. The smallest absolute Gasteiger partial charge is 0.0963 e. The molecule has 0 atom stereocenters. The van der Waals surface area contributed by atoms with Crippen molar-refractivity contribution >= 4 is 29.2 Å². The van der Waals surface area contributed by atoms with Gasteiger partial charge in [0.2, 0.25) is 0 Å². The van der Waals surface area contributed by atoms with Gasteiger partial charge in [-0.3, -0.25) is 5.41 Å². The lowest BCUT2D eigenvalue weighted by Gasteiger charge is -2.22. The van der Waals surface area contributed by atoms with Crippen molar-refractivity contribution in [2.24, 2.45) is 11.1 Å². The standard InChI is InChI=1S/C13H19ClN2S/c1-13(2,12(15)16)7-8-17-9-10-5-3-4-6-11(10)14/h3-6H,7-9H2,1-2H3,(H3,15,16). The maximum atomic E-state index is 7.48. The number of rotatable bonds is 6. The van der Waals surface area contributed by atoms with E-state index in [0.29, 0.717) is 0 Å². The molecule has 1 aromatic rings. The first kappa shape index (κ1) is 14.4. The first-order valence-corrected chi connectivity index (χ1v) is 7.12. The largest absolute Gasteiger partial charge is 0.387 e. The molecule has 94 valence electrons. The zero-order chi connectivity index (χ0) is 12.9. The van der Waals surface area contributed by atoms with Crippen molar-refractivity contribution < 1.29 is 0 Å². The van der Waals surface area contributed by atoms with Crippen LogP contribution in [0.25, 0.3) is 0 Å². The molecule has 0 aliphatic heterocycles. The summed E-state index contributed by atoms with van der Waals surface area (Å²) in [5.41, 5.74) is 6.51. The third kappa shape index (κ3) is 4.60. The summed E-state index contributed by atoms with van der Waals surface area (Å²) in [6.07, 6.45) is 0.914. The van der Waals surface area contributed by atoms with E-state index in [1.54, 1.807) is 0 Å². The molecule has 0 fully saturated rings. The quantitative estimate of drug-likeness (QED) is 0.468. The molecule has 4 heteroatoms. The van der Waals surface area contributed by atoms with Gasteiger partial charge in [-0.05, 0) is 23.8 Å². The highest BCUT2D eigenvalue weighted by molar-refractivity contribution is 7.98. The van der Waals surface area contributed by atoms with E-state index in [1.165, 1.54) is 5.56 Å². The summed E-state index contributed by atoms with van der Waals surface area (Å²) < 4.78 is 0. The Morgan fingerprint density at radius 1 is 1.41 bits per heavy atom. The lowest BCUT2D eigenvalue weighted by molar-refractivity contribution is 0.500. The Bertz CT molecular complexity index is 391. The third-order valence-corrected chi connectivity index (χ3v) is 4.19. The van der Waals surface area contributed by atoms with Crippen LogP contribution >= 0.6 is 23.4 Å². The van der Waals surface area contributed by atoms with Crippen LogP contribution in [-0.2, 0) is 5.75 Å². The van der Waals surface area contributed by atoms with E-state index < -0.39 is 0 Å². The van der Waals surface area contributed by atoms with E-state index in [0.717, 1.165) is 22.9 Å². The van der Waals surface area contributed by atoms with Gasteiger partial charge in [0, 0.05) is 16.2 Å². The molecule has 0 amide bonds. The van der Waals surface area contributed by atoms with E-state index in [1.807, 2.05) is 49.9 Å². The van der Waals surface area contributed by atoms with Crippen LogP contribution in [0.15, 0.2) is 24.3 Å². The fourth-order valence-electron chi connectivity index (χ4n) is 1.26. The van der Waals surface area contributed by atoms with Gasteiger partial charge in [0.25, 0.3) is 0 Å². The SMILES string of the molecule is CC(C)(CCSCc1ccccc1Cl)C(=N)N. The van der Waals surface area contributed by atoms with E-state index in [4.69, 9.17) is 22.7 Å². The molecule has 2 nitrogen and oxygen atoms in total. The lowest BCUT2D eigenvalue weighted by Crippen LogP contribution is -2.31. The van der Waals surface area contributed by atoms with Crippen LogP contribution < -0.4 is 5.73 Å². The van der Waals surface area contributed by atoms with Crippen LogP contribution in [0.2, 0.25) is 5.02 Å². The Morgan fingerprint density at radius 3 is 2.65 bits per heavy atom. The molecule has 0 spiro atoms. The van der Waals surface area contributed by atoms with Gasteiger partial charge in [0.05, 0.1) is 5.84 Å². The highest BCUT2D eigenvalue weighted by Crippen LogP contribution is 2.26. The number of amidine groups is 1. The van der Waals surface area contributed by atoms with Crippen LogP contribution in [0.5, 0.6) is 0 Å². The van der Waals surface area contributed by atoms with Gasteiger partial charge in [-0.15, -0.1) is 0 Å². The van der Waals surface area contributed by atoms with Crippen LogP contribution in [0.4, 0.5) is 0 Å². The molecule has 0 aromatic heterocycles. The first-order chi connectivity index (χ1) is 7.93. The summed E-state index contributed by atoms with van der Waals surface area (Å²) >= 11 is 7.90. The molecule has 1 rings (SSSR count). The predicted molar refractivity (Wildman–Crippen MR) is 77.9 cm³/mol. The lowest BCUT2D eigenvalue weighted by atomic mass is 9.89. The fourth-order valence-corrected chi connectivity index (χ4v) is 2.81. The number of halogens is 1. The zero-order valence-corrected chi connectivity index (χ0v) is 11.9. The summed E-state index contributed by atoms with van der Waals surface area (Å²) in [7, 11) is 0. The van der Waals surface area contributed by atoms with Crippen LogP contribution in [0.3, 0.4) is 0 Å². The Morgan fingerprint density at radius 2 is 2.06 bits per heavy atom. The second-order valence-electron chi connectivity index (χ2n) is 4.69. The van der Waals surface area contributed by atoms with Crippen molar-refractivity contribution in [2.45, 2.75) is 26.0 Å². The van der Waals surface area contributed by atoms with Gasteiger partial charge >= 0.3 is 0 Å². The number of hydrogen-bond acceptors (Lipinski definition) is 2. The van der Waals surface area contributed by atoms with Gasteiger partial charge in [-0.2, -0.15) is 11.8 Å². The minimum atomic E-state index is -0.201. The molecule has 0 aliphatic rings. The number of thioether (sulfide) groups is 1. The van der Waals surface area contributed by atoms with Crippen molar-refractivity contribution in [3.8, 4) is 0 Å². The second kappa shape index (κ2) is 6.31. The highest BCUT2D eigenvalue weighted by atomic mass is 35.5. The molecule has 1 aromatic carbocycles. The summed E-state index contributed by atoms with van der Waals surface area (Å²) in [6.45, 7) is 4.01. The Kier molecular flexibility index (Phi) is 5.34. The van der Waals surface area contributed by atoms with E-state index in [2.05, 4.69) is 0 Å². The fraction of sp³-hybridized carbons (Fsp3) is 0.462. The van der Waals surface area contributed by atoms with Crippen LogP contribution in [0.1, 0.15) is 25.8 Å². The van der Waals surface area contributed by atoms with E-state index in [-0.39, 0.29) is 11.3 Å². The molecular formula is C13H19ClN2S. The van der Waals surface area contributed by atoms with Crippen molar-refractivity contribution in [1.29, 1.82) is 5.41 Å². The molecule has 0 bridgehead atoms. The van der Waals surface area contributed by atoms with E-state index >= 15 is 0 Å². The molecule has 0 saturated carbocycles. The summed E-state index contributed by atoms with van der Waals surface area (Å²) in [5.74, 6) is 2.15. The summed E-state index contributed by atoms with van der Waals surface area (Å²) in [6, 6.07) is 7.90. The van der Waals surface area contributed by atoms with Gasteiger partial charge in [0.15, 0.2) is 0 Å². The molecule has 0 saturated heterocycles. The Balaban J connectivity index is 2.35. The topological polar surface area (TPSA) is 49.9 Å². The first-order valence-electron chi connectivity index (χ1n) is 5.59. The average molecular weight is 271 g/mol. The normalized spacial score (nSPS) is 11.5. The maximum Gasteiger partial charge on any atom is 0.0963 e. The molecule has 17 heavy (non-hydrogen) atoms. The molecule has 0 heterocycles. The third-order valence-electron chi connectivity index (χ3n) is 2.82. The minimum Gasteiger partial charge on any atom is -0.387 e. The molecular weight excluding hydrogens is 252 g/mol. The monoisotopic (exact) mass is 270 g/mol. The van der Waals surface area contributed by atoms with Crippen LogP contribution in [-0.4, -0.2) is 11.6 Å². The van der Waals surface area contributed by atoms with Gasteiger partial charge in [0.1, 0.15) is 0 Å². The number of nitrogens with two attached hydrogens (primary N) is 1. The van der Waals surface area contributed by atoms with Crippen molar-refractivity contribution in [3.05, 3.63) is 34.9 Å². The zero-order valence-electron chi connectivity index (χ0n) is 10.3. The summed E-state index contributed by atoms with van der Waals surface area (Å²) in [4.78, 5) is 0. The number of benzene rings is 1. The minimum absolute atomic E-state index is 0.201. The average Bonchev–Trinajstić information content (AvgIpc) is 2.26. The van der Waals surface area contributed by atoms with Crippen molar-refractivity contribution in [2.75, 3.05) is 5.75 Å². The van der Waals surface area contributed by atoms with Gasteiger partial charge < -0.3 is 5.73 Å². The van der Waals surface area contributed by atoms with E-state index in [9.17, 15) is 0 Å². The summed E-state index contributed by atoms with van der Waals surface area (Å²) in [5, 5.41) is 8.30. The van der Waals surface area contributed by atoms with Gasteiger partial charge in [-0.1, -0.05) is 43.6 Å². The highest BCUT2D eigenvalue weighted by Gasteiger charge is 2.20. The molecule has 3 N–H and O–H groups in total. The number of nitrogens with one attached hydrogen (secondary N) is 1. The molecule has 0 unspecified atom stereocenters. The van der Waals surface area contributed by atoms with Crippen LogP contribution in [0, 0.1) is 10.8 Å².